The number of fused-ring (bicyclic) bond motifs is 1. The molecule has 1 saturated heterocycles. The largest absolute Gasteiger partial charge is 0.493 e. The molecule has 44 heavy (non-hydrogen) atoms. The van der Waals surface area contributed by atoms with Gasteiger partial charge in [0.25, 0.3) is 17.7 Å². The zero-order valence-electron chi connectivity index (χ0n) is 23.9. The van der Waals surface area contributed by atoms with Crippen molar-refractivity contribution in [1.29, 1.82) is 0 Å². The number of thiazole rings is 1. The van der Waals surface area contributed by atoms with Crippen LogP contribution in [0.2, 0.25) is 0 Å². The minimum absolute atomic E-state index is 0.251. The molecule has 0 bridgehead atoms. The Morgan fingerprint density at radius 2 is 1.57 bits per heavy atom. The number of nitrogens with one attached hydrogen (secondary N) is 2. The van der Waals surface area contributed by atoms with Gasteiger partial charge in [0.05, 0.1) is 31.0 Å². The van der Waals surface area contributed by atoms with Crippen LogP contribution < -0.4 is 25.0 Å². The van der Waals surface area contributed by atoms with E-state index in [-0.39, 0.29) is 18.4 Å². The van der Waals surface area contributed by atoms with Crippen LogP contribution in [0.15, 0.2) is 97.1 Å². The Hall–Kier alpha value is -5.26. The molecule has 1 aromatic heterocycles. The van der Waals surface area contributed by atoms with Crippen LogP contribution in [0.3, 0.4) is 0 Å². The van der Waals surface area contributed by atoms with Crippen molar-refractivity contribution >= 4 is 55.8 Å². The maximum Gasteiger partial charge on any atom is 0.259 e. The molecule has 6 rings (SSSR count). The van der Waals surface area contributed by atoms with E-state index in [4.69, 9.17) is 14.2 Å². The van der Waals surface area contributed by atoms with Crippen molar-refractivity contribution in [2.75, 3.05) is 29.8 Å². The first-order chi connectivity index (χ1) is 21.4. The van der Waals surface area contributed by atoms with Crippen molar-refractivity contribution in [3.8, 4) is 11.5 Å². The number of nitrogens with zero attached hydrogens (tertiary/aromatic N) is 2. The van der Waals surface area contributed by atoms with Crippen molar-refractivity contribution in [1.82, 2.24) is 4.98 Å². The Morgan fingerprint density at radius 1 is 0.841 bits per heavy atom. The maximum absolute atomic E-state index is 13.7. The lowest BCUT2D eigenvalue weighted by Gasteiger charge is -2.22. The van der Waals surface area contributed by atoms with E-state index in [0.29, 0.717) is 33.6 Å². The van der Waals surface area contributed by atoms with Crippen molar-refractivity contribution in [2.45, 2.75) is 18.8 Å². The molecular weight excluding hydrogens is 580 g/mol. The topological polar surface area (TPSA) is 122 Å². The van der Waals surface area contributed by atoms with E-state index < -0.39 is 18.1 Å². The van der Waals surface area contributed by atoms with Gasteiger partial charge in [-0.25, -0.2) is 4.98 Å². The number of anilines is 3. The molecule has 5 aromatic rings. The zero-order chi connectivity index (χ0) is 30.6. The molecule has 1 fully saturated rings. The third kappa shape index (κ3) is 6.24. The lowest BCUT2D eigenvalue weighted by atomic mass is 10.1. The molecule has 0 aliphatic carbocycles. The summed E-state index contributed by atoms with van der Waals surface area (Å²) in [5.74, 6) is -0.141. The lowest BCUT2D eigenvalue weighted by Crippen LogP contribution is -2.36. The number of epoxide rings is 1. The Kier molecular flexibility index (Phi) is 8.22. The molecule has 4 aromatic carbocycles. The third-order valence-corrected chi connectivity index (χ3v) is 8.00. The van der Waals surface area contributed by atoms with Gasteiger partial charge in [-0.3, -0.25) is 19.7 Å². The quantitative estimate of drug-likeness (QED) is 0.201. The first-order valence-electron chi connectivity index (χ1n) is 13.7. The zero-order valence-corrected chi connectivity index (χ0v) is 24.7. The molecule has 0 spiro atoms. The second-order valence-corrected chi connectivity index (χ2v) is 11.0. The molecule has 1 aliphatic heterocycles. The standard InChI is InChI=1S/C33H28N4O6S/c1-41-25-17-14-22(18-26(25)42-2)34-31(39)28-29(43-28)32(40)37(19-20-8-4-3-5-9-20)23-15-12-21(13-16-23)30(38)36-33-35-24-10-6-7-11-27(24)44-33/h3-18,28-29H,19H2,1-2H3,(H,34,39)(H,35,36,38). The van der Waals surface area contributed by atoms with E-state index in [1.807, 2.05) is 54.6 Å². The SMILES string of the molecule is COc1ccc(NC(=O)C2OC2C(=O)N(Cc2ccccc2)c2ccc(C(=O)Nc3nc4ccccc4s3)cc2)cc1OC. The van der Waals surface area contributed by atoms with Gasteiger partial charge < -0.3 is 24.4 Å². The van der Waals surface area contributed by atoms with Gasteiger partial charge in [0.1, 0.15) is 0 Å². The molecule has 222 valence electrons. The highest BCUT2D eigenvalue weighted by Crippen LogP contribution is 2.33. The summed E-state index contributed by atoms with van der Waals surface area (Å²) >= 11 is 1.40. The Morgan fingerprint density at radius 3 is 2.30 bits per heavy atom. The van der Waals surface area contributed by atoms with Crippen LogP contribution >= 0.6 is 11.3 Å². The summed E-state index contributed by atoms with van der Waals surface area (Å²) in [7, 11) is 3.03. The van der Waals surface area contributed by atoms with Gasteiger partial charge in [0, 0.05) is 23.0 Å². The predicted octanol–water partition coefficient (Wildman–Crippen LogP) is 5.51. The molecule has 11 heteroatoms. The van der Waals surface area contributed by atoms with E-state index in [1.165, 1.54) is 25.6 Å². The van der Waals surface area contributed by atoms with E-state index in [2.05, 4.69) is 15.6 Å². The molecule has 3 amide bonds. The number of hydrogen-bond acceptors (Lipinski definition) is 8. The van der Waals surface area contributed by atoms with Crippen LogP contribution in [0.4, 0.5) is 16.5 Å². The van der Waals surface area contributed by atoms with Crippen molar-refractivity contribution < 1.29 is 28.6 Å². The highest BCUT2D eigenvalue weighted by atomic mass is 32.1. The van der Waals surface area contributed by atoms with E-state index in [0.717, 1.165) is 15.8 Å². The number of carbonyl (C=O) groups excluding carboxylic acids is 3. The monoisotopic (exact) mass is 608 g/mol. The highest BCUT2D eigenvalue weighted by Gasteiger charge is 2.52. The maximum atomic E-state index is 13.7. The fourth-order valence-electron chi connectivity index (χ4n) is 4.73. The van der Waals surface area contributed by atoms with Crippen LogP contribution in [-0.2, 0) is 20.9 Å². The lowest BCUT2D eigenvalue weighted by molar-refractivity contribution is -0.120. The molecule has 2 atom stereocenters. The minimum Gasteiger partial charge on any atom is -0.493 e. The van der Waals surface area contributed by atoms with Gasteiger partial charge in [0.15, 0.2) is 28.8 Å². The van der Waals surface area contributed by atoms with Crippen molar-refractivity contribution in [3.05, 3.63) is 108 Å². The number of methoxy groups -OCH3 is 2. The second kappa shape index (κ2) is 12.5. The summed E-state index contributed by atoms with van der Waals surface area (Å²) in [5, 5.41) is 6.12. The highest BCUT2D eigenvalue weighted by molar-refractivity contribution is 7.22. The van der Waals surface area contributed by atoms with Gasteiger partial charge in [0.2, 0.25) is 0 Å². The normalized spacial score (nSPS) is 15.3. The van der Waals surface area contributed by atoms with Gasteiger partial charge in [-0.15, -0.1) is 0 Å². The summed E-state index contributed by atoms with van der Waals surface area (Å²) in [6.45, 7) is 0.251. The number of benzene rings is 4. The fourth-order valence-corrected chi connectivity index (χ4v) is 5.59. The van der Waals surface area contributed by atoms with Gasteiger partial charge in [-0.05, 0) is 54.1 Å². The average Bonchev–Trinajstić information content (AvgIpc) is 3.76. The molecule has 0 radical (unpaired) electrons. The molecule has 10 nitrogen and oxygen atoms in total. The first kappa shape index (κ1) is 28.8. The minimum atomic E-state index is -0.958. The Balaban J connectivity index is 1.16. The molecular formula is C33H28N4O6S. The van der Waals surface area contributed by atoms with Crippen LogP contribution in [0.25, 0.3) is 10.2 Å². The van der Waals surface area contributed by atoms with Gasteiger partial charge >= 0.3 is 0 Å². The van der Waals surface area contributed by atoms with E-state index in [9.17, 15) is 14.4 Å². The number of ether oxygens (including phenoxy) is 3. The Bertz CT molecular complexity index is 1790. The Labute approximate surface area is 257 Å². The first-order valence-corrected chi connectivity index (χ1v) is 14.6. The number of amides is 3. The van der Waals surface area contributed by atoms with E-state index in [1.54, 1.807) is 47.4 Å². The third-order valence-electron chi connectivity index (χ3n) is 7.05. The molecule has 1 aliphatic rings. The number of hydrogen-bond donors (Lipinski definition) is 2. The smallest absolute Gasteiger partial charge is 0.259 e. The predicted molar refractivity (Wildman–Crippen MR) is 168 cm³/mol. The van der Waals surface area contributed by atoms with Crippen molar-refractivity contribution in [2.24, 2.45) is 0 Å². The van der Waals surface area contributed by atoms with Crippen LogP contribution in [-0.4, -0.2) is 49.1 Å². The number of aromatic nitrogens is 1. The van der Waals surface area contributed by atoms with Gasteiger partial charge in [-0.1, -0.05) is 53.8 Å². The van der Waals surface area contributed by atoms with Crippen LogP contribution in [0, 0.1) is 0 Å². The van der Waals surface area contributed by atoms with Gasteiger partial charge in [-0.2, -0.15) is 0 Å². The molecule has 2 unspecified atom stereocenters. The summed E-state index contributed by atoms with van der Waals surface area (Å²) in [6.07, 6.45) is -1.91. The van der Waals surface area contributed by atoms with E-state index >= 15 is 0 Å². The fraction of sp³-hybridized carbons (Fsp3) is 0.152. The second-order valence-electron chi connectivity index (χ2n) is 9.93. The van der Waals surface area contributed by atoms with Crippen LogP contribution in [0.5, 0.6) is 11.5 Å². The number of rotatable bonds is 10. The summed E-state index contributed by atoms with van der Waals surface area (Å²) in [4.78, 5) is 45.6. The molecule has 2 heterocycles. The molecule has 2 N–H and O–H groups in total. The van der Waals surface area contributed by atoms with Crippen LogP contribution in [0.1, 0.15) is 15.9 Å². The summed E-state index contributed by atoms with van der Waals surface area (Å²) < 4.78 is 17.1. The number of carbonyl (C=O) groups is 3. The summed E-state index contributed by atoms with van der Waals surface area (Å²) in [6, 6.07) is 28.9. The number of para-hydroxylation sites is 1. The summed E-state index contributed by atoms with van der Waals surface area (Å²) in [5.41, 5.74) is 3.16. The van der Waals surface area contributed by atoms with Crippen molar-refractivity contribution in [3.63, 3.8) is 0 Å². The molecule has 0 saturated carbocycles. The average molecular weight is 609 g/mol.